The van der Waals surface area contributed by atoms with Gasteiger partial charge in [0.25, 0.3) is 0 Å². The number of carbonyl (C=O) groups is 1. The highest BCUT2D eigenvalue weighted by atomic mass is 79.9. The number of amides is 1. The molecule has 1 heterocycles. The van der Waals surface area contributed by atoms with E-state index in [2.05, 4.69) is 26.6 Å². The van der Waals surface area contributed by atoms with E-state index in [1.807, 2.05) is 25.1 Å². The number of methoxy groups -OCH3 is 1. The van der Waals surface area contributed by atoms with Gasteiger partial charge in [-0.05, 0) is 40.5 Å². The third kappa shape index (κ3) is 3.64. The average Bonchev–Trinajstić information content (AvgIpc) is 2.92. The number of rotatable bonds is 4. The topological polar surface area (TPSA) is 50.4 Å². The van der Waals surface area contributed by atoms with Gasteiger partial charge in [-0.2, -0.15) is 0 Å². The lowest BCUT2D eigenvalue weighted by Crippen LogP contribution is -2.42. The second kappa shape index (κ2) is 6.63. The molecule has 6 heteroatoms. The molecule has 0 aliphatic carbocycles. The minimum Gasteiger partial charge on any atom is -0.496 e. The van der Waals surface area contributed by atoms with Gasteiger partial charge in [0.05, 0.1) is 23.7 Å². The second-order valence-corrected chi connectivity index (χ2v) is 6.28. The minimum absolute atomic E-state index is 0.0258. The highest BCUT2D eigenvalue weighted by Gasteiger charge is 2.23. The molecular formula is C13H17BrN2O2S. The Morgan fingerprint density at radius 3 is 3.00 bits per heavy atom. The zero-order valence-corrected chi connectivity index (χ0v) is 13.3. The van der Waals surface area contributed by atoms with E-state index in [1.165, 1.54) is 0 Å². The number of hydrogen-bond donors (Lipinski definition) is 2. The van der Waals surface area contributed by atoms with Gasteiger partial charge in [-0.1, -0.05) is 6.07 Å². The van der Waals surface area contributed by atoms with Crippen molar-refractivity contribution in [2.45, 2.75) is 19.0 Å². The van der Waals surface area contributed by atoms with Crippen molar-refractivity contribution in [2.24, 2.45) is 0 Å². The third-order valence-electron chi connectivity index (χ3n) is 3.07. The van der Waals surface area contributed by atoms with Crippen LogP contribution in [0, 0.1) is 0 Å². The van der Waals surface area contributed by atoms with Gasteiger partial charge >= 0.3 is 0 Å². The van der Waals surface area contributed by atoms with Crippen molar-refractivity contribution in [1.82, 2.24) is 10.6 Å². The van der Waals surface area contributed by atoms with Crippen molar-refractivity contribution in [3.05, 3.63) is 28.2 Å². The largest absolute Gasteiger partial charge is 0.496 e. The molecule has 2 atom stereocenters. The first-order valence-electron chi connectivity index (χ1n) is 6.06. The van der Waals surface area contributed by atoms with E-state index in [0.717, 1.165) is 27.4 Å². The number of nitrogens with one attached hydrogen (secondary N) is 2. The molecular weight excluding hydrogens is 328 g/mol. The Morgan fingerprint density at radius 1 is 1.63 bits per heavy atom. The molecule has 1 aliphatic heterocycles. The summed E-state index contributed by atoms with van der Waals surface area (Å²) in [5, 5.41) is 6.19. The van der Waals surface area contributed by atoms with Crippen LogP contribution in [0.4, 0.5) is 0 Å². The van der Waals surface area contributed by atoms with Crippen molar-refractivity contribution in [3.63, 3.8) is 0 Å². The van der Waals surface area contributed by atoms with Gasteiger partial charge in [0, 0.05) is 11.6 Å². The lowest BCUT2D eigenvalue weighted by Gasteiger charge is -2.18. The normalized spacial score (nSPS) is 20.1. The molecule has 0 bridgehead atoms. The van der Waals surface area contributed by atoms with Crippen LogP contribution in [0.25, 0.3) is 0 Å². The molecule has 2 rings (SSSR count). The van der Waals surface area contributed by atoms with Crippen LogP contribution in [0.15, 0.2) is 22.7 Å². The Morgan fingerprint density at radius 2 is 2.42 bits per heavy atom. The van der Waals surface area contributed by atoms with Gasteiger partial charge in [-0.25, -0.2) is 0 Å². The van der Waals surface area contributed by atoms with Crippen LogP contribution >= 0.6 is 27.7 Å². The van der Waals surface area contributed by atoms with Gasteiger partial charge < -0.3 is 10.1 Å². The van der Waals surface area contributed by atoms with Crippen molar-refractivity contribution < 1.29 is 9.53 Å². The average molecular weight is 345 g/mol. The van der Waals surface area contributed by atoms with E-state index in [1.54, 1.807) is 18.9 Å². The molecule has 0 radical (unpaired) electrons. The third-order valence-corrected chi connectivity index (χ3v) is 4.63. The van der Waals surface area contributed by atoms with Gasteiger partial charge in [-0.3, -0.25) is 10.1 Å². The van der Waals surface area contributed by atoms with Crippen molar-refractivity contribution in [1.29, 1.82) is 0 Å². The molecule has 1 fully saturated rings. The SMILES string of the molecule is COc1ccc([C@H](C)NC(=O)[C@H]2CSCN2)cc1Br. The number of thioether (sulfide) groups is 1. The molecule has 0 aromatic heterocycles. The maximum Gasteiger partial charge on any atom is 0.238 e. The number of benzene rings is 1. The Kier molecular flexibility index (Phi) is 5.13. The summed E-state index contributed by atoms with van der Waals surface area (Å²) in [5.41, 5.74) is 1.05. The van der Waals surface area contributed by atoms with Crippen LogP contribution in [0.3, 0.4) is 0 Å². The summed E-state index contributed by atoms with van der Waals surface area (Å²) in [5.74, 6) is 2.53. The van der Waals surface area contributed by atoms with E-state index >= 15 is 0 Å². The quantitative estimate of drug-likeness (QED) is 0.879. The fourth-order valence-electron chi connectivity index (χ4n) is 1.91. The molecule has 0 unspecified atom stereocenters. The van der Waals surface area contributed by atoms with Crippen molar-refractivity contribution >= 4 is 33.6 Å². The minimum atomic E-state index is -0.0749. The molecule has 1 aromatic carbocycles. The zero-order chi connectivity index (χ0) is 13.8. The number of carbonyl (C=O) groups excluding carboxylic acids is 1. The summed E-state index contributed by atoms with van der Waals surface area (Å²) >= 11 is 5.20. The predicted octanol–water partition coefficient (Wildman–Crippen LogP) is 2.30. The fourth-order valence-corrected chi connectivity index (χ4v) is 3.41. The number of hydrogen-bond acceptors (Lipinski definition) is 4. The van der Waals surface area contributed by atoms with Crippen LogP contribution in [0.1, 0.15) is 18.5 Å². The molecule has 1 aliphatic rings. The Labute approximate surface area is 125 Å². The van der Waals surface area contributed by atoms with Gasteiger partial charge in [0.15, 0.2) is 0 Å². The first kappa shape index (κ1) is 14.7. The molecule has 104 valence electrons. The molecule has 2 N–H and O–H groups in total. The summed E-state index contributed by atoms with van der Waals surface area (Å²) in [6.07, 6.45) is 0. The molecule has 19 heavy (non-hydrogen) atoms. The summed E-state index contributed by atoms with van der Waals surface area (Å²) in [6.45, 7) is 1.98. The van der Waals surface area contributed by atoms with Crippen LogP contribution in [-0.4, -0.2) is 30.7 Å². The summed E-state index contributed by atoms with van der Waals surface area (Å²) in [7, 11) is 1.63. The lowest BCUT2D eigenvalue weighted by molar-refractivity contribution is -0.123. The monoisotopic (exact) mass is 344 g/mol. The molecule has 1 amide bonds. The first-order valence-corrected chi connectivity index (χ1v) is 8.01. The van der Waals surface area contributed by atoms with Crippen molar-refractivity contribution in [3.8, 4) is 5.75 Å². The summed E-state index contributed by atoms with van der Waals surface area (Å²) in [6, 6.07) is 5.73. The van der Waals surface area contributed by atoms with E-state index in [9.17, 15) is 4.79 Å². The number of halogens is 1. The predicted molar refractivity (Wildman–Crippen MR) is 81.5 cm³/mol. The maximum atomic E-state index is 12.0. The Hall–Kier alpha value is -0.720. The van der Waals surface area contributed by atoms with Gasteiger partial charge in [-0.15, -0.1) is 11.8 Å². The molecule has 1 aromatic rings. The van der Waals surface area contributed by atoms with Crippen molar-refractivity contribution in [2.75, 3.05) is 18.7 Å². The fraction of sp³-hybridized carbons (Fsp3) is 0.462. The van der Waals surface area contributed by atoms with Gasteiger partial charge in [0.1, 0.15) is 5.75 Å². The highest BCUT2D eigenvalue weighted by Crippen LogP contribution is 2.28. The highest BCUT2D eigenvalue weighted by molar-refractivity contribution is 9.10. The zero-order valence-electron chi connectivity index (χ0n) is 10.9. The van der Waals surface area contributed by atoms with Crippen LogP contribution in [-0.2, 0) is 4.79 Å². The first-order chi connectivity index (χ1) is 9.11. The molecule has 0 saturated carbocycles. The second-order valence-electron chi connectivity index (χ2n) is 4.40. The molecule has 4 nitrogen and oxygen atoms in total. The van der Waals surface area contributed by atoms with Gasteiger partial charge in [0.2, 0.25) is 5.91 Å². The maximum absolute atomic E-state index is 12.0. The number of ether oxygens (including phenoxy) is 1. The van der Waals surface area contributed by atoms with E-state index in [0.29, 0.717) is 0 Å². The Bertz CT molecular complexity index is 464. The van der Waals surface area contributed by atoms with Crippen LogP contribution < -0.4 is 15.4 Å². The lowest BCUT2D eigenvalue weighted by atomic mass is 10.1. The molecule has 1 saturated heterocycles. The van der Waals surface area contributed by atoms with E-state index in [-0.39, 0.29) is 18.0 Å². The molecule has 0 spiro atoms. The van der Waals surface area contributed by atoms with E-state index < -0.39 is 0 Å². The smallest absolute Gasteiger partial charge is 0.238 e. The summed E-state index contributed by atoms with van der Waals surface area (Å²) < 4.78 is 6.09. The van der Waals surface area contributed by atoms with E-state index in [4.69, 9.17) is 4.74 Å². The van der Waals surface area contributed by atoms with Crippen LogP contribution in [0.2, 0.25) is 0 Å². The van der Waals surface area contributed by atoms with Crippen LogP contribution in [0.5, 0.6) is 5.75 Å². The summed E-state index contributed by atoms with van der Waals surface area (Å²) in [4.78, 5) is 12.0. The standard InChI is InChI=1S/C13H17BrN2O2S/c1-8(16-13(17)11-6-19-7-15-11)9-3-4-12(18-2)10(14)5-9/h3-5,8,11,15H,6-7H2,1-2H3,(H,16,17)/t8-,11+/m0/s1. The Balaban J connectivity index is 2.00.